The third-order valence-electron chi connectivity index (χ3n) is 3.14. The van der Waals surface area contributed by atoms with Gasteiger partial charge in [0.2, 0.25) is 5.91 Å². The summed E-state index contributed by atoms with van der Waals surface area (Å²) in [5.74, 6) is 0.310. The first-order valence-corrected chi connectivity index (χ1v) is 7.28. The number of halogens is 1. The van der Waals surface area contributed by atoms with E-state index in [2.05, 4.69) is 31.2 Å². The topological polar surface area (TPSA) is 74.8 Å². The third kappa shape index (κ3) is 3.78. The Bertz CT molecular complexity index is 753. The standard InChI is InChI=1S/C15H16BrN3O2/c1-8-6-11(16)4-5-13(8)19-14(20)7-12-9(2)17-10(3)18-15(12)21/h4-6H,7H2,1-3H3,(H,19,20)(H,17,18,21). The fraction of sp³-hybridized carbons (Fsp3) is 0.267. The van der Waals surface area contributed by atoms with Crippen molar-refractivity contribution in [2.24, 2.45) is 0 Å². The summed E-state index contributed by atoms with van der Waals surface area (Å²) >= 11 is 3.38. The van der Waals surface area contributed by atoms with Gasteiger partial charge in [0.05, 0.1) is 6.42 Å². The highest BCUT2D eigenvalue weighted by atomic mass is 79.9. The molecule has 0 spiro atoms. The fourth-order valence-electron chi connectivity index (χ4n) is 2.08. The van der Waals surface area contributed by atoms with E-state index in [-0.39, 0.29) is 17.9 Å². The maximum absolute atomic E-state index is 12.1. The summed E-state index contributed by atoms with van der Waals surface area (Å²) in [5.41, 5.74) is 2.40. The van der Waals surface area contributed by atoms with Crippen molar-refractivity contribution in [3.8, 4) is 0 Å². The van der Waals surface area contributed by atoms with E-state index in [1.807, 2.05) is 25.1 Å². The van der Waals surface area contributed by atoms with Crippen LogP contribution in [-0.4, -0.2) is 15.9 Å². The SMILES string of the molecule is Cc1nc(C)c(CC(=O)Nc2ccc(Br)cc2C)c(=O)[nH]1. The highest BCUT2D eigenvalue weighted by Crippen LogP contribution is 2.20. The fourth-order valence-corrected chi connectivity index (χ4v) is 2.56. The van der Waals surface area contributed by atoms with Gasteiger partial charge in [-0.2, -0.15) is 0 Å². The third-order valence-corrected chi connectivity index (χ3v) is 3.63. The number of benzene rings is 1. The number of anilines is 1. The molecule has 0 fully saturated rings. The minimum Gasteiger partial charge on any atom is -0.326 e. The largest absolute Gasteiger partial charge is 0.326 e. The van der Waals surface area contributed by atoms with Crippen LogP contribution in [0.1, 0.15) is 22.6 Å². The van der Waals surface area contributed by atoms with Crippen molar-refractivity contribution in [3.63, 3.8) is 0 Å². The summed E-state index contributed by atoms with van der Waals surface area (Å²) in [6.45, 7) is 5.35. The van der Waals surface area contributed by atoms with Crippen LogP contribution in [0.2, 0.25) is 0 Å². The van der Waals surface area contributed by atoms with Gasteiger partial charge in [-0.15, -0.1) is 0 Å². The lowest BCUT2D eigenvalue weighted by molar-refractivity contribution is -0.115. The maximum Gasteiger partial charge on any atom is 0.254 e. The highest BCUT2D eigenvalue weighted by molar-refractivity contribution is 9.10. The van der Waals surface area contributed by atoms with Crippen LogP contribution in [0.4, 0.5) is 5.69 Å². The van der Waals surface area contributed by atoms with Crippen LogP contribution in [0.5, 0.6) is 0 Å². The van der Waals surface area contributed by atoms with E-state index in [1.54, 1.807) is 13.8 Å². The minimum atomic E-state index is -0.261. The number of hydrogen-bond acceptors (Lipinski definition) is 3. The lowest BCUT2D eigenvalue weighted by atomic mass is 10.1. The van der Waals surface area contributed by atoms with Gasteiger partial charge >= 0.3 is 0 Å². The smallest absolute Gasteiger partial charge is 0.254 e. The number of rotatable bonds is 3. The van der Waals surface area contributed by atoms with Crippen LogP contribution in [0.25, 0.3) is 0 Å². The van der Waals surface area contributed by atoms with Crippen molar-refractivity contribution in [3.05, 3.63) is 55.7 Å². The Morgan fingerprint density at radius 3 is 2.67 bits per heavy atom. The molecule has 0 unspecified atom stereocenters. The molecule has 0 atom stereocenters. The first-order valence-electron chi connectivity index (χ1n) is 6.49. The van der Waals surface area contributed by atoms with E-state index in [0.717, 1.165) is 15.7 Å². The Morgan fingerprint density at radius 2 is 2.05 bits per heavy atom. The normalized spacial score (nSPS) is 10.5. The molecule has 0 aliphatic rings. The zero-order chi connectivity index (χ0) is 15.6. The number of aromatic amines is 1. The van der Waals surface area contributed by atoms with Gasteiger partial charge in [-0.05, 0) is 44.5 Å². The van der Waals surface area contributed by atoms with Crippen molar-refractivity contribution < 1.29 is 4.79 Å². The number of amides is 1. The summed E-state index contributed by atoms with van der Waals surface area (Å²) in [6, 6.07) is 5.59. The number of aromatic nitrogens is 2. The Balaban J connectivity index is 2.18. The Morgan fingerprint density at radius 1 is 1.33 bits per heavy atom. The molecule has 0 saturated heterocycles. The quantitative estimate of drug-likeness (QED) is 0.894. The molecule has 1 amide bonds. The number of carbonyl (C=O) groups excluding carboxylic acids is 1. The van der Waals surface area contributed by atoms with Gasteiger partial charge < -0.3 is 10.3 Å². The average molecular weight is 350 g/mol. The molecule has 1 aromatic heterocycles. The lowest BCUT2D eigenvalue weighted by Gasteiger charge is -2.09. The Labute approximate surface area is 130 Å². The van der Waals surface area contributed by atoms with E-state index < -0.39 is 0 Å². The van der Waals surface area contributed by atoms with Gasteiger partial charge in [-0.1, -0.05) is 15.9 Å². The molecule has 0 radical (unpaired) electrons. The molecule has 5 nitrogen and oxygen atoms in total. The number of hydrogen-bond donors (Lipinski definition) is 2. The van der Waals surface area contributed by atoms with Crippen molar-refractivity contribution in [2.45, 2.75) is 27.2 Å². The van der Waals surface area contributed by atoms with E-state index >= 15 is 0 Å². The predicted octanol–water partition coefficient (Wildman–Crippen LogP) is 2.64. The lowest BCUT2D eigenvalue weighted by Crippen LogP contribution is -2.24. The summed E-state index contributed by atoms with van der Waals surface area (Å²) in [5, 5.41) is 2.81. The molecular formula is C15H16BrN3O2. The number of nitrogens with one attached hydrogen (secondary N) is 2. The molecule has 1 heterocycles. The second-order valence-corrected chi connectivity index (χ2v) is 5.82. The summed E-state index contributed by atoms with van der Waals surface area (Å²) in [7, 11) is 0. The van der Waals surface area contributed by atoms with Gasteiger partial charge in [-0.3, -0.25) is 9.59 Å². The predicted molar refractivity (Wildman–Crippen MR) is 85.5 cm³/mol. The summed E-state index contributed by atoms with van der Waals surface area (Å²) in [6.07, 6.45) is 0.00392. The zero-order valence-corrected chi connectivity index (χ0v) is 13.7. The van der Waals surface area contributed by atoms with Crippen LogP contribution in [0.15, 0.2) is 27.5 Å². The molecule has 2 N–H and O–H groups in total. The average Bonchev–Trinajstić information content (AvgIpc) is 2.37. The van der Waals surface area contributed by atoms with Gasteiger partial charge in [0.25, 0.3) is 5.56 Å². The van der Waals surface area contributed by atoms with Crippen LogP contribution in [-0.2, 0) is 11.2 Å². The van der Waals surface area contributed by atoms with Crippen LogP contribution in [0, 0.1) is 20.8 Å². The van der Waals surface area contributed by atoms with Gasteiger partial charge in [0.15, 0.2) is 0 Å². The van der Waals surface area contributed by atoms with Gasteiger partial charge in [0, 0.05) is 21.4 Å². The van der Waals surface area contributed by atoms with Crippen molar-refractivity contribution in [1.82, 2.24) is 9.97 Å². The van der Waals surface area contributed by atoms with E-state index in [4.69, 9.17) is 0 Å². The minimum absolute atomic E-state index is 0.00392. The molecule has 110 valence electrons. The molecule has 0 aliphatic carbocycles. The molecule has 2 rings (SSSR count). The molecular weight excluding hydrogens is 334 g/mol. The molecule has 0 bridgehead atoms. The first-order chi connectivity index (χ1) is 9.86. The first kappa shape index (κ1) is 15.4. The monoisotopic (exact) mass is 349 g/mol. The number of carbonyl (C=O) groups is 1. The van der Waals surface area contributed by atoms with Crippen molar-refractivity contribution >= 4 is 27.5 Å². The van der Waals surface area contributed by atoms with Crippen molar-refractivity contribution in [1.29, 1.82) is 0 Å². The van der Waals surface area contributed by atoms with E-state index in [1.165, 1.54) is 0 Å². The molecule has 21 heavy (non-hydrogen) atoms. The summed E-state index contributed by atoms with van der Waals surface area (Å²) in [4.78, 5) is 30.8. The second kappa shape index (κ2) is 6.22. The van der Waals surface area contributed by atoms with Crippen molar-refractivity contribution in [2.75, 3.05) is 5.32 Å². The van der Waals surface area contributed by atoms with Crippen LogP contribution < -0.4 is 10.9 Å². The molecule has 1 aromatic carbocycles. The maximum atomic E-state index is 12.1. The number of H-pyrrole nitrogens is 1. The second-order valence-electron chi connectivity index (χ2n) is 4.90. The summed E-state index contributed by atoms with van der Waals surface area (Å²) < 4.78 is 0.952. The zero-order valence-electron chi connectivity index (χ0n) is 12.1. The van der Waals surface area contributed by atoms with E-state index in [0.29, 0.717) is 17.1 Å². The Kier molecular flexibility index (Phi) is 4.57. The van der Waals surface area contributed by atoms with Crippen LogP contribution in [0.3, 0.4) is 0 Å². The van der Waals surface area contributed by atoms with E-state index in [9.17, 15) is 9.59 Å². The number of aryl methyl sites for hydroxylation is 3. The molecule has 2 aromatic rings. The Hall–Kier alpha value is -1.95. The number of nitrogens with zero attached hydrogens (tertiary/aromatic N) is 1. The molecule has 0 aliphatic heterocycles. The highest BCUT2D eigenvalue weighted by Gasteiger charge is 2.12. The van der Waals surface area contributed by atoms with Gasteiger partial charge in [-0.25, -0.2) is 4.98 Å². The van der Waals surface area contributed by atoms with Crippen LogP contribution >= 0.6 is 15.9 Å². The molecule has 6 heteroatoms. The van der Waals surface area contributed by atoms with Gasteiger partial charge in [0.1, 0.15) is 5.82 Å². The molecule has 0 saturated carbocycles.